The zero-order valence-electron chi connectivity index (χ0n) is 18.4. The average Bonchev–Trinajstić information content (AvgIpc) is 2.79. The molecule has 1 aliphatic heterocycles. The minimum Gasteiger partial charge on any atom is -0.463 e. The van der Waals surface area contributed by atoms with Crippen LogP contribution in [0.5, 0.6) is 0 Å². The van der Waals surface area contributed by atoms with Crippen molar-refractivity contribution in [3.8, 4) is 11.3 Å². The van der Waals surface area contributed by atoms with Crippen molar-refractivity contribution in [2.45, 2.75) is 32.7 Å². The van der Waals surface area contributed by atoms with E-state index in [2.05, 4.69) is 4.99 Å². The maximum absolute atomic E-state index is 13.8. The third kappa shape index (κ3) is 3.84. The quantitative estimate of drug-likeness (QED) is 0.324. The minimum atomic E-state index is -1.43. The molecule has 4 rings (SSSR count). The first-order chi connectivity index (χ1) is 15.8. The van der Waals surface area contributed by atoms with Gasteiger partial charge in [0.2, 0.25) is 0 Å². The highest BCUT2D eigenvalue weighted by Crippen LogP contribution is 2.40. The summed E-state index contributed by atoms with van der Waals surface area (Å²) in [6, 6.07) is 14.1. The smallest absolute Gasteiger partial charge is 0.336 e. The van der Waals surface area contributed by atoms with E-state index in [1.165, 1.54) is 6.92 Å². The molecule has 2 heterocycles. The second-order valence-corrected chi connectivity index (χ2v) is 7.72. The van der Waals surface area contributed by atoms with E-state index in [1.54, 1.807) is 62.4 Å². The molecule has 0 saturated carbocycles. The van der Waals surface area contributed by atoms with Crippen LogP contribution in [-0.4, -0.2) is 29.3 Å². The summed E-state index contributed by atoms with van der Waals surface area (Å²) in [5.74, 6) is -1.79. The summed E-state index contributed by atoms with van der Waals surface area (Å²) in [5.41, 5.74) is 0.988. The molecule has 2 atom stereocenters. The van der Waals surface area contributed by atoms with Crippen molar-refractivity contribution in [1.29, 1.82) is 0 Å². The van der Waals surface area contributed by atoms with Gasteiger partial charge in [0.25, 0.3) is 6.04 Å². The Balaban J connectivity index is 2.13. The lowest BCUT2D eigenvalue weighted by Gasteiger charge is -2.28. The number of esters is 1. The number of para-hydroxylation sites is 1. The van der Waals surface area contributed by atoms with Crippen LogP contribution in [0.4, 0.5) is 0 Å². The molecule has 3 aromatic rings. The van der Waals surface area contributed by atoms with Crippen molar-refractivity contribution in [2.24, 2.45) is 4.99 Å². The molecular weight excluding hydrogens is 424 g/mol. The van der Waals surface area contributed by atoms with Gasteiger partial charge in [0.1, 0.15) is 11.3 Å². The molecule has 0 fully saturated rings. The fraction of sp³-hybridized carbons (Fsp3) is 0.240. The third-order valence-electron chi connectivity index (χ3n) is 5.69. The number of nitrogens with zero attached hydrogens (tertiary/aromatic N) is 2. The van der Waals surface area contributed by atoms with Crippen molar-refractivity contribution in [3.63, 3.8) is 0 Å². The highest BCUT2D eigenvalue weighted by Gasteiger charge is 2.47. The van der Waals surface area contributed by atoms with Crippen molar-refractivity contribution >= 4 is 22.7 Å². The van der Waals surface area contributed by atoms with Crippen LogP contribution in [0, 0.1) is 10.1 Å². The Labute approximate surface area is 189 Å². The number of nitro groups is 1. The second kappa shape index (κ2) is 8.82. The lowest BCUT2D eigenvalue weighted by atomic mass is 9.78. The maximum Gasteiger partial charge on any atom is 0.336 e. The van der Waals surface area contributed by atoms with Crippen LogP contribution in [0.15, 0.2) is 80.1 Å². The first-order valence-electron chi connectivity index (χ1n) is 10.5. The fourth-order valence-corrected chi connectivity index (χ4v) is 4.32. The molecule has 1 aliphatic rings. The van der Waals surface area contributed by atoms with Crippen molar-refractivity contribution in [2.75, 3.05) is 6.61 Å². The van der Waals surface area contributed by atoms with Gasteiger partial charge in [0.05, 0.1) is 34.8 Å². The summed E-state index contributed by atoms with van der Waals surface area (Å²) in [4.78, 5) is 42.8. The first kappa shape index (κ1) is 22.1. The molecule has 168 valence electrons. The molecule has 2 unspecified atom stereocenters. The van der Waals surface area contributed by atoms with Gasteiger partial charge in [0, 0.05) is 16.2 Å². The number of carbonyl (C=O) groups is 1. The van der Waals surface area contributed by atoms with Crippen LogP contribution >= 0.6 is 0 Å². The van der Waals surface area contributed by atoms with Crippen molar-refractivity contribution < 1.29 is 18.9 Å². The van der Waals surface area contributed by atoms with Crippen LogP contribution < -0.4 is 5.43 Å². The van der Waals surface area contributed by atoms with Crippen LogP contribution in [-0.2, 0) is 9.53 Å². The first-order valence-corrected chi connectivity index (χ1v) is 10.5. The van der Waals surface area contributed by atoms with Gasteiger partial charge in [-0.2, -0.15) is 0 Å². The Morgan fingerprint density at radius 1 is 1.12 bits per heavy atom. The lowest BCUT2D eigenvalue weighted by molar-refractivity contribution is -0.505. The summed E-state index contributed by atoms with van der Waals surface area (Å²) in [5, 5.41) is 12.5. The van der Waals surface area contributed by atoms with E-state index in [4.69, 9.17) is 9.15 Å². The average molecular weight is 446 g/mol. The van der Waals surface area contributed by atoms with E-state index in [-0.39, 0.29) is 40.3 Å². The normalized spacial score (nSPS) is 18.2. The Morgan fingerprint density at radius 3 is 2.45 bits per heavy atom. The third-order valence-corrected chi connectivity index (χ3v) is 5.69. The van der Waals surface area contributed by atoms with Gasteiger partial charge < -0.3 is 9.15 Å². The molecule has 0 aliphatic carbocycles. The zero-order chi connectivity index (χ0) is 23.7. The Morgan fingerprint density at radius 2 is 1.79 bits per heavy atom. The van der Waals surface area contributed by atoms with Crippen LogP contribution in [0.3, 0.4) is 0 Å². The van der Waals surface area contributed by atoms with E-state index in [0.29, 0.717) is 11.1 Å². The molecular formula is C25H22N2O6. The fourth-order valence-electron chi connectivity index (χ4n) is 4.32. The number of hydrogen-bond acceptors (Lipinski definition) is 7. The SMILES string of the molecule is CCOC(=O)C1=C(C)N=C(C)C([N+](=O)[O-])C1c1c(-c2ccccc2)oc2ccccc2c1=O. The predicted octanol–water partition coefficient (Wildman–Crippen LogP) is 4.50. The maximum atomic E-state index is 13.8. The topological polar surface area (TPSA) is 112 Å². The summed E-state index contributed by atoms with van der Waals surface area (Å²) < 4.78 is 11.4. The number of allylic oxidation sites excluding steroid dienone is 1. The molecule has 1 aromatic heterocycles. The van der Waals surface area contributed by atoms with E-state index >= 15 is 0 Å². The van der Waals surface area contributed by atoms with E-state index in [0.717, 1.165) is 0 Å². The number of carbonyl (C=O) groups excluding carboxylic acids is 1. The molecule has 2 aromatic carbocycles. The van der Waals surface area contributed by atoms with E-state index in [9.17, 15) is 19.7 Å². The van der Waals surface area contributed by atoms with Gasteiger partial charge in [-0.1, -0.05) is 42.5 Å². The summed E-state index contributed by atoms with van der Waals surface area (Å²) in [6.07, 6.45) is 0. The van der Waals surface area contributed by atoms with Gasteiger partial charge in [-0.25, -0.2) is 4.79 Å². The lowest BCUT2D eigenvalue weighted by Crippen LogP contribution is -2.42. The standard InChI is InChI=1S/C25H22N2O6/c1-4-32-25(29)19-14(2)26-15(3)22(27(30)31)20(19)21-23(28)17-12-8-9-13-18(17)33-24(21)16-10-6-5-7-11-16/h5-13,20,22H,4H2,1-3H3. The van der Waals surface area contributed by atoms with E-state index < -0.39 is 28.3 Å². The van der Waals surface area contributed by atoms with Crippen LogP contribution in [0.25, 0.3) is 22.3 Å². The number of ether oxygens (including phenoxy) is 1. The minimum absolute atomic E-state index is 0.0103. The number of rotatable bonds is 5. The zero-order valence-corrected chi connectivity index (χ0v) is 18.4. The van der Waals surface area contributed by atoms with Gasteiger partial charge in [-0.3, -0.25) is 19.9 Å². The molecule has 8 heteroatoms. The van der Waals surface area contributed by atoms with Crippen molar-refractivity contribution in [3.05, 3.63) is 91.8 Å². The molecule has 0 amide bonds. The highest BCUT2D eigenvalue weighted by atomic mass is 16.6. The Hall–Kier alpha value is -4.07. The Bertz CT molecular complexity index is 1370. The highest BCUT2D eigenvalue weighted by molar-refractivity contribution is 5.99. The van der Waals surface area contributed by atoms with Crippen LogP contribution in [0.2, 0.25) is 0 Å². The monoisotopic (exact) mass is 446 g/mol. The van der Waals surface area contributed by atoms with E-state index in [1.807, 2.05) is 6.07 Å². The van der Waals surface area contributed by atoms with Crippen LogP contribution in [0.1, 0.15) is 32.3 Å². The predicted molar refractivity (Wildman–Crippen MR) is 124 cm³/mol. The molecule has 0 radical (unpaired) electrons. The molecule has 8 nitrogen and oxygen atoms in total. The van der Waals surface area contributed by atoms with Gasteiger partial charge in [-0.05, 0) is 32.9 Å². The van der Waals surface area contributed by atoms with Crippen molar-refractivity contribution in [1.82, 2.24) is 0 Å². The molecule has 0 bridgehead atoms. The summed E-state index contributed by atoms with van der Waals surface area (Å²) in [7, 11) is 0. The van der Waals surface area contributed by atoms with Gasteiger partial charge >= 0.3 is 5.97 Å². The van der Waals surface area contributed by atoms with Gasteiger partial charge in [-0.15, -0.1) is 0 Å². The number of aliphatic imine (C=N–C) groups is 1. The van der Waals surface area contributed by atoms with Gasteiger partial charge in [0.15, 0.2) is 5.43 Å². The molecule has 33 heavy (non-hydrogen) atoms. The molecule has 0 saturated heterocycles. The number of benzene rings is 2. The summed E-state index contributed by atoms with van der Waals surface area (Å²) >= 11 is 0. The number of hydrogen-bond donors (Lipinski definition) is 0. The largest absolute Gasteiger partial charge is 0.463 e. The molecule has 0 N–H and O–H groups in total. The summed E-state index contributed by atoms with van der Waals surface area (Å²) in [6.45, 7) is 4.83. The number of fused-ring (bicyclic) bond motifs is 1. The molecule has 0 spiro atoms. The second-order valence-electron chi connectivity index (χ2n) is 7.72. The Kier molecular flexibility index (Phi) is 5.91.